The molecule has 0 aliphatic rings. The number of nitrogens with one attached hydrogen (secondary N) is 2. The fourth-order valence-electron chi connectivity index (χ4n) is 3.27. The average molecular weight is 488 g/mol. The highest BCUT2D eigenvalue weighted by molar-refractivity contribution is 5.95. The first-order valence-electron chi connectivity index (χ1n) is 11.1. The van der Waals surface area contributed by atoms with Gasteiger partial charge in [0, 0.05) is 18.5 Å². The summed E-state index contributed by atoms with van der Waals surface area (Å²) in [6, 6.07) is 8.54. The van der Waals surface area contributed by atoms with Crippen molar-refractivity contribution in [3.8, 4) is 28.7 Å². The quantitative estimate of drug-likeness (QED) is 0.239. The summed E-state index contributed by atoms with van der Waals surface area (Å²) in [5.41, 5.74) is 3.69. The number of hydrogen-bond donors (Lipinski definition) is 2. The number of amides is 2. The monoisotopic (exact) mass is 487 g/mol. The van der Waals surface area contributed by atoms with Gasteiger partial charge in [0.05, 0.1) is 41.8 Å². The molecule has 10 nitrogen and oxygen atoms in total. The molecule has 0 saturated heterocycles. The van der Waals surface area contributed by atoms with Crippen LogP contribution in [0.15, 0.2) is 35.4 Å². The molecule has 0 bridgehead atoms. The lowest BCUT2D eigenvalue weighted by molar-refractivity contribution is -0.121. The number of rotatable bonds is 14. The Morgan fingerprint density at radius 2 is 1.46 bits per heavy atom. The van der Waals surface area contributed by atoms with Gasteiger partial charge in [0.15, 0.2) is 23.0 Å². The van der Waals surface area contributed by atoms with E-state index in [1.165, 1.54) is 21.3 Å². The minimum Gasteiger partial charge on any atom is -0.493 e. The second kappa shape index (κ2) is 14.3. The van der Waals surface area contributed by atoms with Crippen molar-refractivity contribution in [1.29, 1.82) is 0 Å². The number of unbranched alkanes of at least 4 members (excludes halogenated alkanes) is 2. The molecular formula is C25H33N3O7. The van der Waals surface area contributed by atoms with Gasteiger partial charge in [-0.15, -0.1) is 0 Å². The van der Waals surface area contributed by atoms with Crippen LogP contribution in [0.3, 0.4) is 0 Å². The van der Waals surface area contributed by atoms with Crippen LogP contribution in [0, 0.1) is 0 Å². The average Bonchev–Trinajstić information content (AvgIpc) is 2.89. The van der Waals surface area contributed by atoms with E-state index in [9.17, 15) is 9.59 Å². The van der Waals surface area contributed by atoms with Gasteiger partial charge in [-0.1, -0.05) is 6.42 Å². The Hall–Kier alpha value is -3.95. The molecule has 190 valence electrons. The predicted molar refractivity (Wildman–Crippen MR) is 132 cm³/mol. The molecule has 0 spiro atoms. The van der Waals surface area contributed by atoms with Crippen LogP contribution < -0.4 is 34.4 Å². The SMILES string of the molecule is COc1ccc(C=NNC(=O)CCCCCNC(=O)c2cc(OC)c(OC)c(OC)c2)cc1OC. The molecule has 35 heavy (non-hydrogen) atoms. The molecule has 2 N–H and O–H groups in total. The van der Waals surface area contributed by atoms with Crippen molar-refractivity contribution in [3.63, 3.8) is 0 Å². The van der Waals surface area contributed by atoms with E-state index in [-0.39, 0.29) is 11.8 Å². The van der Waals surface area contributed by atoms with Crippen molar-refractivity contribution in [2.24, 2.45) is 5.10 Å². The summed E-state index contributed by atoms with van der Waals surface area (Å²) >= 11 is 0. The number of hydrazone groups is 1. The zero-order chi connectivity index (χ0) is 25.6. The second-order valence-electron chi connectivity index (χ2n) is 7.39. The zero-order valence-corrected chi connectivity index (χ0v) is 20.8. The Morgan fingerprint density at radius 1 is 0.800 bits per heavy atom. The molecule has 0 unspecified atom stereocenters. The maximum Gasteiger partial charge on any atom is 0.251 e. The number of benzene rings is 2. The first kappa shape index (κ1) is 27.3. The highest BCUT2D eigenvalue weighted by atomic mass is 16.5. The van der Waals surface area contributed by atoms with Gasteiger partial charge in [0.25, 0.3) is 5.91 Å². The van der Waals surface area contributed by atoms with Gasteiger partial charge in [-0.25, -0.2) is 5.43 Å². The van der Waals surface area contributed by atoms with Crippen molar-refractivity contribution in [2.75, 3.05) is 42.1 Å². The minimum atomic E-state index is -0.244. The third kappa shape index (κ3) is 8.09. The zero-order valence-electron chi connectivity index (χ0n) is 20.8. The number of ether oxygens (including phenoxy) is 5. The number of methoxy groups -OCH3 is 5. The Kier molecular flexibility index (Phi) is 11.2. The number of carbonyl (C=O) groups excluding carboxylic acids is 2. The number of nitrogens with zero attached hydrogens (tertiary/aromatic N) is 1. The predicted octanol–water partition coefficient (Wildman–Crippen LogP) is 3.17. The molecule has 2 amide bonds. The van der Waals surface area contributed by atoms with Crippen molar-refractivity contribution < 1.29 is 33.3 Å². The fourth-order valence-corrected chi connectivity index (χ4v) is 3.27. The van der Waals surface area contributed by atoms with Crippen molar-refractivity contribution in [1.82, 2.24) is 10.7 Å². The van der Waals surface area contributed by atoms with E-state index in [1.54, 1.807) is 44.7 Å². The topological polar surface area (TPSA) is 117 Å². The molecule has 0 saturated carbocycles. The van der Waals surface area contributed by atoms with Crippen molar-refractivity contribution in [2.45, 2.75) is 25.7 Å². The summed E-state index contributed by atoms with van der Waals surface area (Å²) < 4.78 is 26.3. The van der Waals surface area contributed by atoms with E-state index >= 15 is 0 Å². The van der Waals surface area contributed by atoms with E-state index in [2.05, 4.69) is 15.8 Å². The van der Waals surface area contributed by atoms with Gasteiger partial charge >= 0.3 is 0 Å². The van der Waals surface area contributed by atoms with E-state index in [4.69, 9.17) is 23.7 Å². The van der Waals surface area contributed by atoms with Crippen LogP contribution in [-0.2, 0) is 4.79 Å². The lowest BCUT2D eigenvalue weighted by atomic mass is 10.1. The highest BCUT2D eigenvalue weighted by Gasteiger charge is 2.16. The number of hydrogen-bond acceptors (Lipinski definition) is 8. The Bertz CT molecular complexity index is 999. The molecular weight excluding hydrogens is 454 g/mol. The highest BCUT2D eigenvalue weighted by Crippen LogP contribution is 2.38. The largest absolute Gasteiger partial charge is 0.493 e. The van der Waals surface area contributed by atoms with E-state index < -0.39 is 0 Å². The lowest BCUT2D eigenvalue weighted by Crippen LogP contribution is -2.24. The van der Waals surface area contributed by atoms with Gasteiger partial charge in [-0.3, -0.25) is 9.59 Å². The van der Waals surface area contributed by atoms with Gasteiger partial charge in [0.2, 0.25) is 11.7 Å². The molecule has 0 atom stereocenters. The molecule has 0 aliphatic heterocycles. The third-order valence-electron chi connectivity index (χ3n) is 5.10. The second-order valence-corrected chi connectivity index (χ2v) is 7.39. The first-order valence-corrected chi connectivity index (χ1v) is 11.1. The van der Waals surface area contributed by atoms with Crippen LogP contribution >= 0.6 is 0 Å². The van der Waals surface area contributed by atoms with E-state index in [0.717, 1.165) is 18.4 Å². The Balaban J connectivity index is 1.70. The normalized spacial score (nSPS) is 10.5. The summed E-state index contributed by atoms with van der Waals surface area (Å²) in [7, 11) is 7.62. The van der Waals surface area contributed by atoms with Crippen molar-refractivity contribution in [3.05, 3.63) is 41.5 Å². The van der Waals surface area contributed by atoms with Crippen LogP contribution in [0.25, 0.3) is 0 Å². The summed E-state index contributed by atoms with van der Waals surface area (Å²) in [5.74, 6) is 2.04. The maximum atomic E-state index is 12.5. The Morgan fingerprint density at radius 3 is 2.06 bits per heavy atom. The van der Waals surface area contributed by atoms with E-state index in [1.807, 2.05) is 6.07 Å². The molecule has 0 aliphatic carbocycles. The third-order valence-corrected chi connectivity index (χ3v) is 5.10. The van der Waals surface area contributed by atoms with E-state index in [0.29, 0.717) is 53.7 Å². The van der Waals surface area contributed by atoms with Gasteiger partial charge in [-0.05, 0) is 48.7 Å². The molecule has 2 aromatic rings. The summed E-state index contributed by atoms with van der Waals surface area (Å²) in [6.07, 6.45) is 4.07. The lowest BCUT2D eigenvalue weighted by Gasteiger charge is -2.14. The summed E-state index contributed by atoms with van der Waals surface area (Å²) in [6.45, 7) is 0.481. The summed E-state index contributed by atoms with van der Waals surface area (Å²) in [4.78, 5) is 24.5. The van der Waals surface area contributed by atoms with Gasteiger partial charge in [0.1, 0.15) is 0 Å². The molecule has 0 fully saturated rings. The number of carbonyl (C=O) groups is 2. The van der Waals surface area contributed by atoms with Crippen LogP contribution in [0.1, 0.15) is 41.6 Å². The smallest absolute Gasteiger partial charge is 0.251 e. The molecule has 0 heterocycles. The van der Waals surface area contributed by atoms with Crippen molar-refractivity contribution >= 4 is 18.0 Å². The standard InChI is InChI=1S/C25H33N3O7/c1-31-19-11-10-17(13-20(19)32-2)16-27-28-23(29)9-7-6-8-12-26-25(30)18-14-21(33-3)24(35-5)22(15-18)34-4/h10-11,13-16H,6-9,12H2,1-5H3,(H,26,30)(H,28,29). The first-order chi connectivity index (χ1) is 17.0. The summed E-state index contributed by atoms with van der Waals surface area (Å²) in [5, 5.41) is 6.84. The van der Waals surface area contributed by atoms with Crippen LogP contribution in [0.2, 0.25) is 0 Å². The molecule has 2 rings (SSSR count). The molecule has 10 heteroatoms. The van der Waals surface area contributed by atoms with Crippen LogP contribution in [-0.4, -0.2) is 60.1 Å². The molecule has 2 aromatic carbocycles. The van der Waals surface area contributed by atoms with Crippen LogP contribution in [0.5, 0.6) is 28.7 Å². The Labute approximate surface area is 205 Å². The van der Waals surface area contributed by atoms with Gasteiger partial charge in [-0.2, -0.15) is 5.10 Å². The minimum absolute atomic E-state index is 0.178. The molecule has 0 radical (unpaired) electrons. The maximum absolute atomic E-state index is 12.5. The molecule has 0 aromatic heterocycles. The van der Waals surface area contributed by atoms with Gasteiger partial charge < -0.3 is 29.0 Å². The fraction of sp³-hybridized carbons (Fsp3) is 0.400. The van der Waals surface area contributed by atoms with Crippen LogP contribution in [0.4, 0.5) is 0 Å².